The van der Waals surface area contributed by atoms with E-state index in [2.05, 4.69) is 195 Å². The van der Waals surface area contributed by atoms with Crippen LogP contribution < -0.4 is 0 Å². The fraction of sp³-hybridized carbons (Fsp3) is 0.0333. The number of rotatable bonds is 7. The first-order valence-electron chi connectivity index (χ1n) is 21.6. The van der Waals surface area contributed by atoms with Crippen LogP contribution in [0.25, 0.3) is 100 Å². The minimum atomic E-state index is -0.281. The quantitative estimate of drug-likeness (QED) is 0.161. The summed E-state index contributed by atoms with van der Waals surface area (Å²) < 4.78 is 6.65. The number of nitrogens with zero attached hydrogens (tertiary/aromatic N) is 2. The van der Waals surface area contributed by atoms with E-state index < -0.39 is 0 Å². The van der Waals surface area contributed by atoms with Gasteiger partial charge in [0.05, 0.1) is 11.4 Å². The lowest BCUT2D eigenvalue weighted by Crippen LogP contribution is -2.22. The van der Waals surface area contributed by atoms with Crippen LogP contribution >= 0.6 is 0 Å². The van der Waals surface area contributed by atoms with Crippen LogP contribution in [0.1, 0.15) is 23.6 Å². The summed E-state index contributed by atoms with van der Waals surface area (Å²) in [5, 5.41) is 2.20. The van der Waals surface area contributed by atoms with E-state index in [9.17, 15) is 0 Å². The van der Waals surface area contributed by atoms with Crippen molar-refractivity contribution < 1.29 is 4.42 Å². The zero-order chi connectivity index (χ0) is 41.9. The Labute approximate surface area is 366 Å². The molecule has 3 heteroatoms. The predicted molar refractivity (Wildman–Crippen MR) is 259 cm³/mol. The van der Waals surface area contributed by atoms with Crippen LogP contribution in [0, 0.1) is 0 Å². The molecule has 0 bridgehead atoms. The number of furan rings is 1. The van der Waals surface area contributed by atoms with Crippen molar-refractivity contribution in [1.29, 1.82) is 0 Å². The van der Waals surface area contributed by atoms with Gasteiger partial charge in [0.25, 0.3) is 0 Å². The highest BCUT2D eigenvalue weighted by molar-refractivity contribution is 6.10. The van der Waals surface area contributed by atoms with Crippen LogP contribution in [0.2, 0.25) is 0 Å². The van der Waals surface area contributed by atoms with Gasteiger partial charge in [0.15, 0.2) is 5.82 Å². The number of hydrogen-bond donors (Lipinski definition) is 0. The highest BCUT2D eigenvalue weighted by Gasteiger charge is 2.41. The number of hydrogen-bond acceptors (Lipinski definition) is 3. The van der Waals surface area contributed by atoms with Crippen molar-refractivity contribution in [1.82, 2.24) is 9.97 Å². The van der Waals surface area contributed by atoms with E-state index in [4.69, 9.17) is 14.4 Å². The fourth-order valence-electron chi connectivity index (χ4n) is 9.87. The van der Waals surface area contributed by atoms with Gasteiger partial charge in [-0.2, -0.15) is 0 Å². The predicted octanol–water partition coefficient (Wildman–Crippen LogP) is 15.7. The molecular formula is C60H40N2O. The lowest BCUT2D eigenvalue weighted by molar-refractivity contribution is 0.670. The molecule has 0 N–H and O–H groups in total. The maximum atomic E-state index is 6.65. The molecule has 0 saturated heterocycles. The Morgan fingerprint density at radius 2 is 0.905 bits per heavy atom. The van der Waals surface area contributed by atoms with Gasteiger partial charge in [0.2, 0.25) is 0 Å². The largest absolute Gasteiger partial charge is 0.455 e. The molecule has 296 valence electrons. The Morgan fingerprint density at radius 3 is 1.73 bits per heavy atom. The van der Waals surface area contributed by atoms with Crippen molar-refractivity contribution in [3.05, 3.63) is 241 Å². The maximum absolute atomic E-state index is 6.65. The lowest BCUT2D eigenvalue weighted by Gasteiger charge is -2.28. The lowest BCUT2D eigenvalue weighted by atomic mass is 9.74. The first kappa shape index (κ1) is 36.7. The monoisotopic (exact) mass is 804 g/mol. The van der Waals surface area contributed by atoms with Gasteiger partial charge in [-0.25, -0.2) is 9.97 Å². The third-order valence-corrected chi connectivity index (χ3v) is 13.0. The van der Waals surface area contributed by atoms with Gasteiger partial charge in [0.1, 0.15) is 11.2 Å². The van der Waals surface area contributed by atoms with Crippen molar-refractivity contribution in [2.75, 3.05) is 0 Å². The van der Waals surface area contributed by atoms with E-state index in [-0.39, 0.29) is 5.41 Å². The molecule has 0 aliphatic heterocycles. The van der Waals surface area contributed by atoms with E-state index in [0.29, 0.717) is 5.82 Å². The summed E-state index contributed by atoms with van der Waals surface area (Å²) in [6, 6.07) is 80.0. The molecule has 2 aromatic heterocycles. The van der Waals surface area contributed by atoms with Gasteiger partial charge in [-0.1, -0.05) is 188 Å². The van der Waals surface area contributed by atoms with Gasteiger partial charge in [-0.3, -0.25) is 0 Å². The average molecular weight is 805 g/mol. The Hall–Kier alpha value is -8.14. The first-order chi connectivity index (χ1) is 31.1. The van der Waals surface area contributed by atoms with E-state index in [1.165, 1.54) is 38.9 Å². The van der Waals surface area contributed by atoms with Crippen LogP contribution in [-0.2, 0) is 5.41 Å². The Kier molecular flexibility index (Phi) is 8.62. The van der Waals surface area contributed by atoms with Crippen LogP contribution in [0.15, 0.2) is 229 Å². The SMILES string of the molecule is CC1(c2ccccc2)c2ccccc2-c2c(-c3cccc(-c4cc(-c5cc(-c6ccccc6)nc(-c6ccccc6)n5)cc(-c5cccc6c5oc5ccccc56)c4)c3)cccc21. The summed E-state index contributed by atoms with van der Waals surface area (Å²) in [6.45, 7) is 2.38. The molecule has 1 unspecified atom stereocenters. The number of para-hydroxylation sites is 2. The molecule has 1 atom stereocenters. The van der Waals surface area contributed by atoms with E-state index >= 15 is 0 Å². The molecule has 3 nitrogen and oxygen atoms in total. The van der Waals surface area contributed by atoms with Crippen molar-refractivity contribution in [3.8, 4) is 78.4 Å². The van der Waals surface area contributed by atoms with Gasteiger partial charge in [-0.05, 0) is 99.0 Å². The fourth-order valence-corrected chi connectivity index (χ4v) is 9.87. The second-order valence-corrected chi connectivity index (χ2v) is 16.6. The van der Waals surface area contributed by atoms with Crippen LogP contribution in [0.5, 0.6) is 0 Å². The summed E-state index contributed by atoms with van der Waals surface area (Å²) in [6.07, 6.45) is 0. The Bertz CT molecular complexity index is 3460. The van der Waals surface area contributed by atoms with Gasteiger partial charge < -0.3 is 4.42 Å². The van der Waals surface area contributed by atoms with Crippen molar-refractivity contribution >= 4 is 21.9 Å². The standard InChI is InChI=1S/C60H40N2O/c1-60(46-24-9-4-10-25-46)52-31-13-11-27-51(52)57-47(28-17-32-53(57)60)42-23-15-22-41(34-42)43-35-44(48-29-16-30-50-49-26-12-14-33-56(49)63-58(48)50)37-45(36-43)55-38-54(39-18-5-2-6-19-39)61-59(62-55)40-20-7-3-8-21-40/h2-38H,1H3. The summed E-state index contributed by atoms with van der Waals surface area (Å²) in [4.78, 5) is 10.4. The van der Waals surface area contributed by atoms with Gasteiger partial charge >= 0.3 is 0 Å². The van der Waals surface area contributed by atoms with Crippen molar-refractivity contribution in [2.45, 2.75) is 12.3 Å². The minimum absolute atomic E-state index is 0.281. The van der Waals surface area contributed by atoms with Gasteiger partial charge in [-0.15, -0.1) is 0 Å². The zero-order valence-electron chi connectivity index (χ0n) is 34.7. The van der Waals surface area contributed by atoms with E-state index in [1.54, 1.807) is 0 Å². The molecule has 1 aliphatic carbocycles. The third kappa shape index (κ3) is 6.12. The number of aromatic nitrogens is 2. The minimum Gasteiger partial charge on any atom is -0.455 e. The molecule has 0 saturated carbocycles. The molecule has 0 fully saturated rings. The average Bonchev–Trinajstić information content (AvgIpc) is 3.88. The molecule has 9 aromatic carbocycles. The summed E-state index contributed by atoms with van der Waals surface area (Å²) in [7, 11) is 0. The number of fused-ring (bicyclic) bond motifs is 6. The molecule has 1 aliphatic rings. The molecular weight excluding hydrogens is 765 g/mol. The summed E-state index contributed by atoms with van der Waals surface area (Å²) >= 11 is 0. The van der Waals surface area contributed by atoms with Gasteiger partial charge in [0, 0.05) is 38.4 Å². The normalized spacial score (nSPS) is 14.2. The zero-order valence-corrected chi connectivity index (χ0v) is 34.7. The third-order valence-electron chi connectivity index (χ3n) is 13.0. The molecule has 12 rings (SSSR count). The second kappa shape index (κ2) is 14.8. The maximum Gasteiger partial charge on any atom is 0.160 e. The van der Waals surface area contributed by atoms with Crippen LogP contribution in [-0.4, -0.2) is 9.97 Å². The first-order valence-corrected chi connectivity index (χ1v) is 21.6. The topological polar surface area (TPSA) is 38.9 Å². The summed E-state index contributed by atoms with van der Waals surface area (Å²) in [5.41, 5.74) is 19.4. The highest BCUT2D eigenvalue weighted by atomic mass is 16.3. The van der Waals surface area contributed by atoms with Crippen molar-refractivity contribution in [2.24, 2.45) is 0 Å². The van der Waals surface area contributed by atoms with Crippen LogP contribution in [0.3, 0.4) is 0 Å². The molecule has 11 aromatic rings. The summed E-state index contributed by atoms with van der Waals surface area (Å²) in [5.74, 6) is 0.681. The van der Waals surface area contributed by atoms with E-state index in [1.807, 2.05) is 36.4 Å². The smallest absolute Gasteiger partial charge is 0.160 e. The number of benzene rings is 9. The van der Waals surface area contributed by atoms with E-state index in [0.717, 1.165) is 72.3 Å². The molecule has 0 amide bonds. The Balaban J connectivity index is 1.07. The molecule has 0 radical (unpaired) electrons. The Morgan fingerprint density at radius 1 is 0.365 bits per heavy atom. The highest BCUT2D eigenvalue weighted by Crippen LogP contribution is 2.55. The molecule has 2 heterocycles. The second-order valence-electron chi connectivity index (χ2n) is 16.6. The van der Waals surface area contributed by atoms with Crippen molar-refractivity contribution in [3.63, 3.8) is 0 Å². The molecule has 63 heavy (non-hydrogen) atoms. The molecule has 0 spiro atoms. The van der Waals surface area contributed by atoms with Crippen LogP contribution in [0.4, 0.5) is 0 Å².